The van der Waals surface area contributed by atoms with Gasteiger partial charge in [0.2, 0.25) is 0 Å². The predicted octanol–water partition coefficient (Wildman–Crippen LogP) is 5.42. The molecule has 5 heterocycles. The van der Waals surface area contributed by atoms with Gasteiger partial charge in [-0.15, -0.1) is 0 Å². The zero-order chi connectivity index (χ0) is 28.1. The molecule has 0 amide bonds. The molecule has 2 saturated heterocycles. The molecule has 8 nitrogen and oxygen atoms in total. The van der Waals surface area contributed by atoms with Gasteiger partial charge in [-0.3, -0.25) is 14.7 Å². The summed E-state index contributed by atoms with van der Waals surface area (Å²) in [6.45, 7) is 2.23. The number of aryl methyl sites for hydroxylation is 1. The average Bonchev–Trinajstić information content (AvgIpc) is 3.45. The molecule has 5 rings (SSSR count). The van der Waals surface area contributed by atoms with E-state index in [-0.39, 0.29) is 12.0 Å². The number of pyridine rings is 2. The Labute approximate surface area is 234 Å². The van der Waals surface area contributed by atoms with Gasteiger partial charge in [0.05, 0.1) is 25.1 Å². The summed E-state index contributed by atoms with van der Waals surface area (Å²) >= 11 is 0. The molecule has 1 unspecified atom stereocenters. The van der Waals surface area contributed by atoms with Crippen molar-refractivity contribution in [2.45, 2.75) is 82.5 Å². The van der Waals surface area contributed by atoms with E-state index in [1.165, 1.54) is 6.07 Å². The normalized spacial score (nSPS) is 22.8. The summed E-state index contributed by atoms with van der Waals surface area (Å²) in [7, 11) is 1.68. The molecule has 0 saturated carbocycles. The summed E-state index contributed by atoms with van der Waals surface area (Å²) in [6.07, 6.45) is 7.61. The van der Waals surface area contributed by atoms with Gasteiger partial charge in [0.1, 0.15) is 29.6 Å². The van der Waals surface area contributed by atoms with Crippen LogP contribution in [0.4, 0.5) is 14.6 Å². The molecule has 10 heteroatoms. The number of ether oxygens (including phenoxy) is 2. The summed E-state index contributed by atoms with van der Waals surface area (Å²) in [4.78, 5) is 23.2. The number of anilines is 1. The first-order chi connectivity index (χ1) is 19.4. The van der Waals surface area contributed by atoms with Crippen molar-refractivity contribution in [2.75, 3.05) is 38.7 Å². The topological polar surface area (TPSA) is 96.8 Å². The van der Waals surface area contributed by atoms with Crippen molar-refractivity contribution < 1.29 is 28.2 Å². The number of alkyl halides is 1. The van der Waals surface area contributed by atoms with E-state index in [1.807, 2.05) is 6.07 Å². The Hall–Kier alpha value is -2.85. The Morgan fingerprint density at radius 1 is 1.27 bits per heavy atom. The number of nitrogens with zero attached hydrogens (tertiary/aromatic N) is 3. The van der Waals surface area contributed by atoms with Crippen LogP contribution in [0.15, 0.2) is 18.3 Å². The predicted molar refractivity (Wildman–Crippen MR) is 147 cm³/mol. The van der Waals surface area contributed by atoms with Crippen molar-refractivity contribution >= 4 is 11.8 Å². The van der Waals surface area contributed by atoms with Gasteiger partial charge in [0, 0.05) is 48.5 Å². The quantitative estimate of drug-likeness (QED) is 0.353. The third kappa shape index (κ3) is 6.54. The fourth-order valence-corrected chi connectivity index (χ4v) is 6.39. The molecule has 2 fully saturated rings. The molecule has 0 spiro atoms. The molecular weight excluding hydrogens is 518 g/mol. The van der Waals surface area contributed by atoms with Gasteiger partial charge in [-0.1, -0.05) is 6.42 Å². The number of carboxylic acids is 1. The standard InChI is InChI=1S/C30H40F2N4O4/c1-39-26-16-21(35-29-22(26)8-6-12-33-29)7-2-3-9-24(32)19-11-13-36(18-19)28(30(37)38)23-15-20(31)17-34-27(23)25-10-4-5-14-40-25/h15-17,19,24-25,28H,2-14,18H2,1H3,(H,33,35)(H,37,38)/t19-,24?,25+,28-/m1/s1. The maximum Gasteiger partial charge on any atom is 0.325 e. The van der Waals surface area contributed by atoms with Gasteiger partial charge in [-0.05, 0) is 70.4 Å². The number of halogens is 2. The average molecular weight is 559 g/mol. The first-order valence-electron chi connectivity index (χ1n) is 14.6. The van der Waals surface area contributed by atoms with E-state index < -0.39 is 24.0 Å². The first-order valence-corrected chi connectivity index (χ1v) is 14.6. The number of unbranched alkanes of at least 4 members (excludes halogenated alkanes) is 1. The lowest BCUT2D eigenvalue weighted by atomic mass is 9.96. The van der Waals surface area contributed by atoms with Crippen LogP contribution in [0.1, 0.15) is 86.0 Å². The van der Waals surface area contributed by atoms with E-state index in [0.29, 0.717) is 50.2 Å². The molecule has 40 heavy (non-hydrogen) atoms. The maximum absolute atomic E-state index is 15.3. The van der Waals surface area contributed by atoms with Gasteiger partial charge in [0.15, 0.2) is 0 Å². The fraction of sp³-hybridized carbons (Fsp3) is 0.633. The molecule has 2 N–H and O–H groups in total. The molecule has 0 bridgehead atoms. The number of likely N-dealkylation sites (tertiary alicyclic amines) is 1. The van der Waals surface area contributed by atoms with Gasteiger partial charge in [-0.2, -0.15) is 0 Å². The number of methoxy groups -OCH3 is 1. The lowest BCUT2D eigenvalue weighted by Crippen LogP contribution is -2.35. The van der Waals surface area contributed by atoms with Gasteiger partial charge < -0.3 is 19.9 Å². The summed E-state index contributed by atoms with van der Waals surface area (Å²) < 4.78 is 41.0. The first kappa shape index (κ1) is 28.7. The number of hydrogen-bond donors (Lipinski definition) is 2. The van der Waals surface area contributed by atoms with Crippen LogP contribution in [0.25, 0.3) is 0 Å². The number of carboxylic acid groups (broad SMARTS) is 1. The van der Waals surface area contributed by atoms with E-state index >= 15 is 4.39 Å². The lowest BCUT2D eigenvalue weighted by Gasteiger charge is -2.30. The SMILES string of the molecule is COc1cc(CCCCC(F)[C@@H]2CCN([C@@H](C(=O)O)c3cc(F)cnc3[C@@H]3CCCCO3)C2)nc2c1CCCN2. The van der Waals surface area contributed by atoms with Crippen molar-refractivity contribution in [2.24, 2.45) is 5.92 Å². The highest BCUT2D eigenvalue weighted by molar-refractivity contribution is 5.76. The zero-order valence-electron chi connectivity index (χ0n) is 23.2. The number of aromatic nitrogens is 2. The third-order valence-electron chi connectivity index (χ3n) is 8.48. The zero-order valence-corrected chi connectivity index (χ0v) is 23.2. The summed E-state index contributed by atoms with van der Waals surface area (Å²) in [6, 6.07) is 2.17. The Bertz CT molecular complexity index is 1160. The van der Waals surface area contributed by atoms with Crippen molar-refractivity contribution in [3.63, 3.8) is 0 Å². The number of carbonyl (C=O) groups is 1. The molecule has 0 radical (unpaired) electrons. The monoisotopic (exact) mass is 558 g/mol. The second-order valence-electron chi connectivity index (χ2n) is 11.2. The summed E-state index contributed by atoms with van der Waals surface area (Å²) in [5, 5.41) is 13.5. The van der Waals surface area contributed by atoms with Crippen molar-refractivity contribution in [3.8, 4) is 5.75 Å². The van der Waals surface area contributed by atoms with Crippen LogP contribution in [0.3, 0.4) is 0 Å². The smallest absolute Gasteiger partial charge is 0.325 e. The molecule has 0 aromatic carbocycles. The van der Waals surface area contributed by atoms with E-state index in [2.05, 4.69) is 10.3 Å². The summed E-state index contributed by atoms with van der Waals surface area (Å²) in [5.74, 6) is -0.162. The van der Waals surface area contributed by atoms with Crippen LogP contribution in [0, 0.1) is 11.7 Å². The van der Waals surface area contributed by atoms with E-state index in [9.17, 15) is 14.3 Å². The van der Waals surface area contributed by atoms with Crippen LogP contribution >= 0.6 is 0 Å². The van der Waals surface area contributed by atoms with Crippen LogP contribution in [0.2, 0.25) is 0 Å². The van der Waals surface area contributed by atoms with Gasteiger partial charge >= 0.3 is 5.97 Å². The van der Waals surface area contributed by atoms with Crippen molar-refractivity contribution in [1.82, 2.24) is 14.9 Å². The minimum Gasteiger partial charge on any atom is -0.496 e. The number of hydrogen-bond acceptors (Lipinski definition) is 7. The van der Waals surface area contributed by atoms with Crippen LogP contribution in [-0.2, 0) is 22.4 Å². The Balaban J connectivity index is 1.17. The Morgan fingerprint density at radius 2 is 2.15 bits per heavy atom. The van der Waals surface area contributed by atoms with E-state index in [4.69, 9.17) is 14.5 Å². The van der Waals surface area contributed by atoms with Crippen LogP contribution in [0.5, 0.6) is 5.75 Å². The second-order valence-corrected chi connectivity index (χ2v) is 11.2. The minimum atomic E-state index is -1.08. The number of nitrogens with one attached hydrogen (secondary N) is 1. The number of aliphatic carboxylic acids is 1. The van der Waals surface area contributed by atoms with Crippen LogP contribution < -0.4 is 10.1 Å². The summed E-state index contributed by atoms with van der Waals surface area (Å²) in [5.41, 5.74) is 2.87. The number of rotatable bonds is 11. The maximum atomic E-state index is 15.3. The molecule has 4 atom stereocenters. The number of fused-ring (bicyclic) bond motifs is 1. The Morgan fingerprint density at radius 3 is 2.92 bits per heavy atom. The third-order valence-corrected chi connectivity index (χ3v) is 8.48. The minimum absolute atomic E-state index is 0.260. The van der Waals surface area contributed by atoms with Crippen molar-refractivity contribution in [3.05, 3.63) is 46.7 Å². The molecule has 218 valence electrons. The fourth-order valence-electron chi connectivity index (χ4n) is 6.39. The lowest BCUT2D eigenvalue weighted by molar-refractivity contribution is -0.143. The molecule has 2 aromatic rings. The molecule has 0 aliphatic carbocycles. The molecule has 3 aliphatic rings. The highest BCUT2D eigenvalue weighted by atomic mass is 19.1. The van der Waals surface area contributed by atoms with E-state index in [0.717, 1.165) is 80.5 Å². The molecular formula is C30H40F2N4O4. The largest absolute Gasteiger partial charge is 0.496 e. The highest BCUT2D eigenvalue weighted by Crippen LogP contribution is 2.37. The van der Waals surface area contributed by atoms with Gasteiger partial charge in [0.25, 0.3) is 0 Å². The molecule has 2 aromatic heterocycles. The van der Waals surface area contributed by atoms with E-state index in [1.54, 1.807) is 12.0 Å². The van der Waals surface area contributed by atoms with Crippen LogP contribution in [-0.4, -0.2) is 65.5 Å². The highest BCUT2D eigenvalue weighted by Gasteiger charge is 2.39. The van der Waals surface area contributed by atoms with Gasteiger partial charge in [-0.25, -0.2) is 13.8 Å². The molecule has 3 aliphatic heterocycles. The Kier molecular flexibility index (Phi) is 9.47. The van der Waals surface area contributed by atoms with Crippen molar-refractivity contribution in [1.29, 1.82) is 0 Å². The second kappa shape index (κ2) is 13.2.